The van der Waals surface area contributed by atoms with Gasteiger partial charge < -0.3 is 9.47 Å². The third kappa shape index (κ3) is 3.85. The van der Waals surface area contributed by atoms with Gasteiger partial charge in [0.15, 0.2) is 0 Å². The highest BCUT2D eigenvalue weighted by Gasteiger charge is 2.28. The quantitative estimate of drug-likeness (QED) is 0.582. The molecule has 0 aliphatic heterocycles. The van der Waals surface area contributed by atoms with Crippen LogP contribution in [0.15, 0.2) is 48.5 Å². The van der Waals surface area contributed by atoms with E-state index in [0.29, 0.717) is 10.9 Å². The minimum absolute atomic E-state index is 0.251. The molecule has 2 aromatic carbocycles. The summed E-state index contributed by atoms with van der Waals surface area (Å²) in [5.41, 5.74) is 0.923. The maximum atomic E-state index is 6.13. The van der Waals surface area contributed by atoms with Crippen LogP contribution >= 0.6 is 11.6 Å². The van der Waals surface area contributed by atoms with Crippen molar-refractivity contribution >= 4 is 11.6 Å². The summed E-state index contributed by atoms with van der Waals surface area (Å²) in [6.45, 7) is 1.97. The molecule has 0 amide bonds. The first-order valence-corrected chi connectivity index (χ1v) is 10.0. The fourth-order valence-corrected chi connectivity index (χ4v) is 4.07. The second-order valence-corrected chi connectivity index (χ2v) is 7.60. The number of hydrogen-bond acceptors (Lipinski definition) is 4. The predicted molar refractivity (Wildman–Crippen MR) is 110 cm³/mol. The van der Waals surface area contributed by atoms with E-state index in [1.807, 2.05) is 55.5 Å². The number of ether oxygens (including phenoxy) is 2. The molecule has 0 bridgehead atoms. The van der Waals surface area contributed by atoms with Crippen LogP contribution in [0.3, 0.4) is 0 Å². The van der Waals surface area contributed by atoms with E-state index in [4.69, 9.17) is 21.1 Å². The van der Waals surface area contributed by atoms with Gasteiger partial charge in [0.2, 0.25) is 0 Å². The molecule has 1 aliphatic carbocycles. The van der Waals surface area contributed by atoms with E-state index in [1.54, 1.807) is 7.11 Å². The van der Waals surface area contributed by atoms with Gasteiger partial charge in [-0.2, -0.15) is 0 Å². The number of hydrogen-bond donors (Lipinski definition) is 0. The van der Waals surface area contributed by atoms with Crippen molar-refractivity contribution in [1.82, 2.24) is 14.8 Å². The maximum absolute atomic E-state index is 6.13. The van der Waals surface area contributed by atoms with E-state index >= 15 is 0 Å². The second-order valence-electron chi connectivity index (χ2n) is 7.16. The first kappa shape index (κ1) is 18.8. The van der Waals surface area contributed by atoms with Crippen LogP contribution in [-0.4, -0.2) is 28.0 Å². The molecule has 5 nitrogen and oxygen atoms in total. The monoisotopic (exact) mass is 397 g/mol. The Balaban J connectivity index is 1.53. The molecule has 1 aromatic heterocycles. The number of benzene rings is 2. The molecule has 146 valence electrons. The van der Waals surface area contributed by atoms with Crippen LogP contribution in [0.2, 0.25) is 5.02 Å². The van der Waals surface area contributed by atoms with Crippen molar-refractivity contribution in [2.75, 3.05) is 7.11 Å². The maximum Gasteiger partial charge on any atom is 0.144 e. The number of methoxy groups -OCH3 is 1. The lowest BCUT2D eigenvalue weighted by atomic mass is 9.86. The van der Waals surface area contributed by atoms with E-state index in [0.717, 1.165) is 54.5 Å². The van der Waals surface area contributed by atoms with E-state index in [2.05, 4.69) is 14.8 Å². The standard InChI is InChI=1S/C22H24ClN3O2/c1-15-24-25-22(26(15)20-13-10-17(23)14-21(20)27-2)16-8-11-19(12-9-16)28-18-6-4-3-5-7-18/h3-7,10,13-14,16,19H,8-9,11-12H2,1-2H3. The largest absolute Gasteiger partial charge is 0.495 e. The third-order valence-corrected chi connectivity index (χ3v) is 5.55. The van der Waals surface area contributed by atoms with Gasteiger partial charge >= 0.3 is 0 Å². The molecule has 1 fully saturated rings. The predicted octanol–water partition coefficient (Wildman–Crippen LogP) is 5.34. The van der Waals surface area contributed by atoms with Crippen LogP contribution in [-0.2, 0) is 0 Å². The van der Waals surface area contributed by atoms with Gasteiger partial charge in [0.1, 0.15) is 23.1 Å². The fourth-order valence-electron chi connectivity index (χ4n) is 3.91. The molecule has 0 saturated heterocycles. The van der Waals surface area contributed by atoms with Crippen LogP contribution in [0, 0.1) is 6.92 Å². The summed E-state index contributed by atoms with van der Waals surface area (Å²) in [5, 5.41) is 9.50. The van der Waals surface area contributed by atoms with E-state index in [1.165, 1.54) is 0 Å². The molecule has 0 N–H and O–H groups in total. The Labute approximate surface area is 170 Å². The minimum Gasteiger partial charge on any atom is -0.495 e. The molecule has 1 aliphatic rings. The Hall–Kier alpha value is -2.53. The molecule has 0 atom stereocenters. The number of halogens is 1. The van der Waals surface area contributed by atoms with Crippen LogP contribution in [0.25, 0.3) is 5.69 Å². The number of nitrogens with zero attached hydrogens (tertiary/aromatic N) is 3. The van der Waals surface area contributed by atoms with Gasteiger partial charge in [0.05, 0.1) is 18.9 Å². The zero-order valence-corrected chi connectivity index (χ0v) is 16.9. The van der Waals surface area contributed by atoms with E-state index < -0.39 is 0 Å². The highest BCUT2D eigenvalue weighted by molar-refractivity contribution is 6.30. The number of rotatable bonds is 5. The molecular weight excluding hydrogens is 374 g/mol. The molecule has 1 saturated carbocycles. The van der Waals surface area contributed by atoms with Gasteiger partial charge in [0, 0.05) is 17.0 Å². The van der Waals surface area contributed by atoms with Crippen molar-refractivity contribution in [2.45, 2.75) is 44.6 Å². The molecular formula is C22H24ClN3O2. The Morgan fingerprint density at radius 1 is 1.00 bits per heavy atom. The van der Waals surface area contributed by atoms with Gasteiger partial charge in [-0.05, 0) is 56.9 Å². The normalized spacial score (nSPS) is 19.4. The van der Waals surface area contributed by atoms with Crippen molar-refractivity contribution in [1.29, 1.82) is 0 Å². The minimum atomic E-state index is 0.251. The lowest BCUT2D eigenvalue weighted by molar-refractivity contribution is 0.144. The summed E-state index contributed by atoms with van der Waals surface area (Å²) in [6.07, 6.45) is 4.30. The highest BCUT2D eigenvalue weighted by atomic mass is 35.5. The summed E-state index contributed by atoms with van der Waals surface area (Å²) in [4.78, 5) is 0. The lowest BCUT2D eigenvalue weighted by Gasteiger charge is -2.29. The summed E-state index contributed by atoms with van der Waals surface area (Å²) in [7, 11) is 1.65. The third-order valence-electron chi connectivity index (χ3n) is 5.32. The average Bonchev–Trinajstić information content (AvgIpc) is 3.10. The molecule has 0 radical (unpaired) electrons. The molecule has 28 heavy (non-hydrogen) atoms. The van der Waals surface area contributed by atoms with Crippen molar-refractivity contribution in [3.63, 3.8) is 0 Å². The Bertz CT molecular complexity index is 934. The summed E-state index contributed by atoms with van der Waals surface area (Å²) < 4.78 is 13.8. The number of aryl methyl sites for hydroxylation is 1. The highest BCUT2D eigenvalue weighted by Crippen LogP contribution is 2.37. The van der Waals surface area contributed by atoms with Crippen molar-refractivity contribution in [2.24, 2.45) is 0 Å². The Morgan fingerprint density at radius 2 is 1.75 bits per heavy atom. The SMILES string of the molecule is COc1cc(Cl)ccc1-n1c(C)nnc1C1CCC(Oc2ccccc2)CC1. The zero-order valence-electron chi connectivity index (χ0n) is 16.1. The first-order chi connectivity index (χ1) is 13.7. The van der Waals surface area contributed by atoms with E-state index in [-0.39, 0.29) is 6.10 Å². The number of para-hydroxylation sites is 1. The molecule has 3 aromatic rings. The Kier molecular flexibility index (Phi) is 5.53. The average molecular weight is 398 g/mol. The van der Waals surface area contributed by atoms with Crippen molar-refractivity contribution in [3.05, 3.63) is 65.2 Å². The number of aromatic nitrogens is 3. The molecule has 0 spiro atoms. The summed E-state index contributed by atoms with van der Waals surface area (Å²) in [6, 6.07) is 15.7. The van der Waals surface area contributed by atoms with Crippen LogP contribution in [0.4, 0.5) is 0 Å². The molecule has 4 rings (SSSR count). The summed E-state index contributed by atoms with van der Waals surface area (Å²) >= 11 is 6.13. The lowest BCUT2D eigenvalue weighted by Crippen LogP contribution is -2.24. The van der Waals surface area contributed by atoms with Gasteiger partial charge in [0.25, 0.3) is 0 Å². The fraction of sp³-hybridized carbons (Fsp3) is 0.364. The molecule has 6 heteroatoms. The van der Waals surface area contributed by atoms with E-state index in [9.17, 15) is 0 Å². The van der Waals surface area contributed by atoms with Gasteiger partial charge in [-0.3, -0.25) is 4.57 Å². The molecule has 1 heterocycles. The zero-order chi connectivity index (χ0) is 19.5. The van der Waals surface area contributed by atoms with Crippen LogP contribution in [0.5, 0.6) is 11.5 Å². The summed E-state index contributed by atoms with van der Waals surface area (Å²) in [5.74, 6) is 3.83. The van der Waals surface area contributed by atoms with Gasteiger partial charge in [-0.1, -0.05) is 29.8 Å². The second kappa shape index (κ2) is 8.23. The Morgan fingerprint density at radius 3 is 2.46 bits per heavy atom. The van der Waals surface area contributed by atoms with Crippen molar-refractivity contribution < 1.29 is 9.47 Å². The van der Waals surface area contributed by atoms with Crippen LogP contribution in [0.1, 0.15) is 43.3 Å². The van der Waals surface area contributed by atoms with Gasteiger partial charge in [-0.15, -0.1) is 10.2 Å². The first-order valence-electron chi connectivity index (χ1n) is 9.63. The topological polar surface area (TPSA) is 49.2 Å². The van der Waals surface area contributed by atoms with Gasteiger partial charge in [-0.25, -0.2) is 0 Å². The van der Waals surface area contributed by atoms with Crippen LogP contribution < -0.4 is 9.47 Å². The van der Waals surface area contributed by atoms with Crippen molar-refractivity contribution in [3.8, 4) is 17.2 Å². The molecule has 0 unspecified atom stereocenters. The smallest absolute Gasteiger partial charge is 0.144 e.